The van der Waals surface area contributed by atoms with E-state index < -0.39 is 65.7 Å². The van der Waals surface area contributed by atoms with Crippen molar-refractivity contribution in [1.82, 2.24) is 0 Å². The fraction of sp³-hybridized carbons (Fsp3) is 0.225. The van der Waals surface area contributed by atoms with Gasteiger partial charge in [-0.25, -0.2) is 0 Å². The van der Waals surface area contributed by atoms with Gasteiger partial charge in [0.25, 0.3) is 30.4 Å². The molecule has 9 N–H and O–H groups in total. The average Bonchev–Trinajstić information content (AvgIpc) is 3.10. The minimum Gasteiger partial charge on any atom is -0.326 e. The minimum absolute atomic E-state index is 0.106. The van der Waals surface area contributed by atoms with Crippen molar-refractivity contribution < 1.29 is 43.7 Å². The molecule has 0 heterocycles. The molecule has 5 rings (SSSR count). The van der Waals surface area contributed by atoms with Crippen LogP contribution in [-0.4, -0.2) is 80.1 Å². The zero-order valence-corrected chi connectivity index (χ0v) is 34.9. The third kappa shape index (κ3) is 18.7. The number of nitrogens with two attached hydrogens (primary N) is 3. The summed E-state index contributed by atoms with van der Waals surface area (Å²) in [6.45, 7) is 0. The summed E-state index contributed by atoms with van der Waals surface area (Å²) in [5.41, 5.74) is 21.7. The third-order valence-electron chi connectivity index (χ3n) is 8.14. The molecule has 0 aliphatic rings. The minimum atomic E-state index is -4.11. The Balaban J connectivity index is 0.000000236. The van der Waals surface area contributed by atoms with Gasteiger partial charge in [0, 0.05) is 45.2 Å². The lowest BCUT2D eigenvalue weighted by Crippen LogP contribution is -2.36. The van der Waals surface area contributed by atoms with E-state index in [4.69, 9.17) is 54.1 Å². The molecule has 13 nitrogen and oxygen atoms in total. The lowest BCUT2D eigenvalue weighted by atomic mass is 9.86. The molecular weight excluding hydrogens is 850 g/mol. The van der Waals surface area contributed by atoms with Gasteiger partial charge in [0.05, 0.1) is 17.3 Å². The first kappa shape index (κ1) is 48.3. The largest absolute Gasteiger partial charge is 0.326 e. The molecule has 0 aromatic heterocycles. The highest BCUT2D eigenvalue weighted by molar-refractivity contribution is 7.86. The van der Waals surface area contributed by atoms with Crippen LogP contribution in [0.15, 0.2) is 133 Å². The van der Waals surface area contributed by atoms with E-state index in [2.05, 4.69) is 0 Å². The van der Waals surface area contributed by atoms with Gasteiger partial charge in [-0.15, -0.1) is 0 Å². The summed E-state index contributed by atoms with van der Waals surface area (Å²) >= 11 is 11.5. The number of benzene rings is 5. The highest BCUT2D eigenvalue weighted by Gasteiger charge is 2.25. The second kappa shape index (κ2) is 22.4. The van der Waals surface area contributed by atoms with E-state index in [1.54, 1.807) is 66.7 Å². The molecule has 0 amide bonds. The maximum atomic E-state index is 12.3. The maximum absolute atomic E-state index is 12.3. The molecule has 0 bridgehead atoms. The zero-order chi connectivity index (χ0) is 43.1. The van der Waals surface area contributed by atoms with Crippen LogP contribution in [0.3, 0.4) is 0 Å². The number of ketones is 1. The fourth-order valence-corrected chi connectivity index (χ4v) is 8.50. The van der Waals surface area contributed by atoms with E-state index in [0.717, 1.165) is 22.3 Å². The smallest absolute Gasteiger partial charge is 0.266 e. The van der Waals surface area contributed by atoms with Crippen molar-refractivity contribution in [2.24, 2.45) is 17.2 Å². The molecule has 0 unspecified atom stereocenters. The Bertz CT molecular complexity index is 2350. The molecule has 0 spiro atoms. The van der Waals surface area contributed by atoms with Gasteiger partial charge < -0.3 is 17.2 Å². The Morgan fingerprint density at radius 2 is 0.897 bits per heavy atom. The first-order chi connectivity index (χ1) is 27.1. The van der Waals surface area contributed by atoms with Crippen LogP contribution in [0.25, 0.3) is 0 Å². The third-order valence-corrected chi connectivity index (χ3v) is 11.1. The summed E-state index contributed by atoms with van der Waals surface area (Å²) in [6, 6.07) is 37.4. The second-order valence-electron chi connectivity index (χ2n) is 13.3. The Morgan fingerprint density at radius 3 is 1.33 bits per heavy atom. The molecule has 0 fully saturated rings. The van der Waals surface area contributed by atoms with Crippen molar-refractivity contribution >= 4 is 59.3 Å². The monoisotopic (exact) mass is 893 g/mol. The Morgan fingerprint density at radius 1 is 0.500 bits per heavy atom. The van der Waals surface area contributed by atoms with Crippen molar-refractivity contribution in [3.8, 4) is 0 Å². The van der Waals surface area contributed by atoms with Crippen LogP contribution in [0.1, 0.15) is 44.1 Å². The number of hydrogen-bond acceptors (Lipinski definition) is 10. The molecule has 0 saturated carbocycles. The van der Waals surface area contributed by atoms with Gasteiger partial charge >= 0.3 is 0 Å². The first-order valence-corrected chi connectivity index (χ1v) is 23.0. The summed E-state index contributed by atoms with van der Waals surface area (Å²) in [7, 11) is -12.3. The quantitative estimate of drug-likeness (QED) is 0.0565. The summed E-state index contributed by atoms with van der Waals surface area (Å²) < 4.78 is 91.4. The zero-order valence-electron chi connectivity index (χ0n) is 31.0. The number of halogens is 2. The molecule has 0 saturated heterocycles. The average molecular weight is 895 g/mol. The van der Waals surface area contributed by atoms with Crippen LogP contribution in [0.2, 0.25) is 10.0 Å². The Labute approximate surface area is 349 Å². The van der Waals surface area contributed by atoms with Crippen molar-refractivity contribution in [2.45, 2.75) is 36.9 Å². The van der Waals surface area contributed by atoms with E-state index in [-0.39, 0.29) is 24.5 Å². The van der Waals surface area contributed by atoms with Crippen LogP contribution in [0.4, 0.5) is 0 Å². The van der Waals surface area contributed by atoms with Crippen LogP contribution in [0, 0.1) is 0 Å². The van der Waals surface area contributed by atoms with Crippen molar-refractivity contribution in [1.29, 1.82) is 0 Å². The van der Waals surface area contributed by atoms with Gasteiger partial charge in [0.15, 0.2) is 5.78 Å². The van der Waals surface area contributed by atoms with Crippen molar-refractivity contribution in [2.75, 3.05) is 17.3 Å². The summed E-state index contributed by atoms with van der Waals surface area (Å²) in [6.07, 6.45) is 0.537. The van der Waals surface area contributed by atoms with Crippen LogP contribution in [-0.2, 0) is 43.2 Å². The molecule has 0 radical (unpaired) electrons. The first-order valence-electron chi connectivity index (χ1n) is 17.4. The van der Waals surface area contributed by atoms with Crippen molar-refractivity contribution in [3.63, 3.8) is 0 Å². The number of rotatable bonds is 15. The van der Waals surface area contributed by atoms with E-state index in [1.165, 1.54) is 0 Å². The van der Waals surface area contributed by atoms with Gasteiger partial charge in [-0.1, -0.05) is 132 Å². The molecule has 58 heavy (non-hydrogen) atoms. The predicted octanol–water partition coefficient (Wildman–Crippen LogP) is 5.46. The highest BCUT2D eigenvalue weighted by atomic mass is 35.5. The molecule has 18 heteroatoms. The fourth-order valence-electron chi connectivity index (χ4n) is 5.94. The van der Waals surface area contributed by atoms with Crippen LogP contribution < -0.4 is 17.2 Å². The Kier molecular flexibility index (Phi) is 18.6. The normalized spacial score (nSPS) is 13.3. The molecule has 3 atom stereocenters. The summed E-state index contributed by atoms with van der Waals surface area (Å²) in [5.74, 6) is -1.85. The van der Waals surface area contributed by atoms with Gasteiger partial charge in [0.2, 0.25) is 0 Å². The molecule has 0 aliphatic heterocycles. The number of hydrogen-bond donors (Lipinski definition) is 6. The lowest BCUT2D eigenvalue weighted by molar-refractivity contribution is 0.103. The molecule has 5 aromatic carbocycles. The molecule has 0 aliphatic carbocycles. The number of carbonyl (C=O) groups excluding carboxylic acids is 1. The van der Waals surface area contributed by atoms with Crippen molar-refractivity contribution in [3.05, 3.63) is 177 Å². The summed E-state index contributed by atoms with van der Waals surface area (Å²) in [4.78, 5) is 12.3. The van der Waals surface area contributed by atoms with E-state index in [1.807, 2.05) is 66.7 Å². The molecule has 312 valence electrons. The Hall–Kier alpha value is -4.04. The topological polar surface area (TPSA) is 258 Å². The predicted molar refractivity (Wildman–Crippen MR) is 228 cm³/mol. The van der Waals surface area contributed by atoms with Gasteiger partial charge in [-0.05, 0) is 59.4 Å². The second-order valence-corrected chi connectivity index (χ2v) is 18.7. The number of carbonyl (C=O) groups is 1. The molecular formula is C40H45Cl2N3O10S3. The van der Waals surface area contributed by atoms with Crippen LogP contribution in [0.5, 0.6) is 0 Å². The summed E-state index contributed by atoms with van der Waals surface area (Å²) in [5, 5.41) is 0.920. The SMILES string of the molecule is N[C@@H](Cc1cc(Cl)cc(Cl)c1)CS(=O)(=O)O.N[C@@H](Cc1cccc(C(=O)c2ccccc2)c1)CS(=O)(=O)O.N[C@H](CS(=O)(=O)O)C(c1ccccc1)c1ccccc1. The van der Waals surface area contributed by atoms with E-state index >= 15 is 0 Å². The lowest BCUT2D eigenvalue weighted by Gasteiger charge is -2.24. The van der Waals surface area contributed by atoms with Gasteiger partial charge in [-0.3, -0.25) is 18.5 Å². The highest BCUT2D eigenvalue weighted by Crippen LogP contribution is 2.28. The molecule has 5 aromatic rings. The van der Waals surface area contributed by atoms with Gasteiger partial charge in [-0.2, -0.15) is 25.3 Å². The standard InChI is InChI=1S/C16H17NO4S.C15H17NO3S.C9H11Cl2NO3S/c17-15(11-22(19,20)21)10-12-5-4-8-14(9-12)16(18)13-6-2-1-3-7-13;16-14(11-20(17,18)19)15(12-7-3-1-4-8-12)13-9-5-2-6-10-13;10-7-1-6(2-8(11)4-7)3-9(12)5-16(13,14)15/h1-9,15H,10-11,17H2,(H,19,20,21);1-10,14-15H,11,16H2,(H,17,18,19);1-2,4,9H,3,5,12H2,(H,13,14,15)/t15-;14-;9-/m010/s1. The van der Waals surface area contributed by atoms with Crippen LogP contribution >= 0.6 is 23.2 Å². The van der Waals surface area contributed by atoms with Gasteiger partial charge in [0.1, 0.15) is 0 Å². The maximum Gasteiger partial charge on any atom is 0.266 e. The van der Waals surface area contributed by atoms with E-state index in [0.29, 0.717) is 21.2 Å². The van der Waals surface area contributed by atoms with E-state index in [9.17, 15) is 30.0 Å².